The molecule has 1 aliphatic rings. The van der Waals surface area contributed by atoms with Crippen LogP contribution in [0.1, 0.15) is 12.8 Å². The summed E-state index contributed by atoms with van der Waals surface area (Å²) in [6, 6.07) is 1.40. The van der Waals surface area contributed by atoms with Crippen molar-refractivity contribution < 1.29 is 9.84 Å². The van der Waals surface area contributed by atoms with Crippen LogP contribution in [0.2, 0.25) is 25.7 Å². The molecule has 78 valence electrons. The maximum Gasteiger partial charge on any atom is 0.0605 e. The van der Waals surface area contributed by atoms with Gasteiger partial charge in [-0.25, -0.2) is 0 Å². The van der Waals surface area contributed by atoms with Gasteiger partial charge in [-0.1, -0.05) is 25.7 Å². The SMILES string of the molecule is C[Si](C)(C)CC1CC1OCCCO. The molecule has 1 rings (SSSR count). The molecule has 0 spiro atoms. The molecular formula is C10H22O2Si. The van der Waals surface area contributed by atoms with Gasteiger partial charge in [-0.2, -0.15) is 0 Å². The van der Waals surface area contributed by atoms with E-state index >= 15 is 0 Å². The number of ether oxygens (including phenoxy) is 1. The monoisotopic (exact) mass is 202 g/mol. The molecule has 0 aliphatic heterocycles. The summed E-state index contributed by atoms with van der Waals surface area (Å²) in [5.74, 6) is 0.838. The molecule has 2 nitrogen and oxygen atoms in total. The second-order valence-corrected chi connectivity index (χ2v) is 10.8. The first kappa shape index (κ1) is 11.2. The zero-order valence-corrected chi connectivity index (χ0v) is 10.0. The fraction of sp³-hybridized carbons (Fsp3) is 1.00. The van der Waals surface area contributed by atoms with E-state index < -0.39 is 8.07 Å². The first-order chi connectivity index (χ1) is 6.03. The summed E-state index contributed by atoms with van der Waals surface area (Å²) in [6.45, 7) is 8.23. The van der Waals surface area contributed by atoms with Gasteiger partial charge in [0, 0.05) is 21.3 Å². The third kappa shape index (κ3) is 4.79. The van der Waals surface area contributed by atoms with Crippen molar-refractivity contribution in [3.8, 4) is 0 Å². The van der Waals surface area contributed by atoms with Gasteiger partial charge in [-0.05, 0) is 18.8 Å². The van der Waals surface area contributed by atoms with E-state index in [0.29, 0.717) is 6.10 Å². The van der Waals surface area contributed by atoms with Crippen LogP contribution in [-0.4, -0.2) is 32.5 Å². The van der Waals surface area contributed by atoms with E-state index in [9.17, 15) is 0 Å². The Balaban J connectivity index is 2.03. The van der Waals surface area contributed by atoms with Gasteiger partial charge in [-0.3, -0.25) is 0 Å². The van der Waals surface area contributed by atoms with Crippen LogP contribution in [0.5, 0.6) is 0 Å². The lowest BCUT2D eigenvalue weighted by atomic mass is 10.5. The highest BCUT2D eigenvalue weighted by Crippen LogP contribution is 2.40. The van der Waals surface area contributed by atoms with E-state index in [-0.39, 0.29) is 6.61 Å². The standard InChI is InChI=1S/C10H22O2Si/c1-13(2,3)8-9-7-10(9)12-6-4-5-11/h9-11H,4-8H2,1-3H3. The van der Waals surface area contributed by atoms with E-state index in [0.717, 1.165) is 18.9 Å². The number of aliphatic hydroxyl groups excluding tert-OH is 1. The lowest BCUT2D eigenvalue weighted by Crippen LogP contribution is -2.20. The second-order valence-electron chi connectivity index (χ2n) is 5.25. The summed E-state index contributed by atoms with van der Waals surface area (Å²) in [4.78, 5) is 0. The van der Waals surface area contributed by atoms with Crippen molar-refractivity contribution in [3.63, 3.8) is 0 Å². The Kier molecular flexibility index (Phi) is 3.95. The predicted molar refractivity (Wildman–Crippen MR) is 57.7 cm³/mol. The minimum atomic E-state index is -0.877. The first-order valence-corrected chi connectivity index (χ1v) is 8.96. The summed E-state index contributed by atoms with van der Waals surface area (Å²) in [5.41, 5.74) is 0. The molecule has 0 saturated heterocycles. The van der Waals surface area contributed by atoms with E-state index in [4.69, 9.17) is 9.84 Å². The van der Waals surface area contributed by atoms with Crippen molar-refractivity contribution in [1.29, 1.82) is 0 Å². The third-order valence-electron chi connectivity index (χ3n) is 2.37. The Labute approximate surface area is 82.3 Å². The Morgan fingerprint density at radius 1 is 1.38 bits per heavy atom. The number of hydrogen-bond acceptors (Lipinski definition) is 2. The van der Waals surface area contributed by atoms with Gasteiger partial charge in [0.15, 0.2) is 0 Å². The number of rotatable bonds is 6. The Bertz CT molecular complexity index is 153. The van der Waals surface area contributed by atoms with Gasteiger partial charge in [0.05, 0.1) is 6.10 Å². The lowest BCUT2D eigenvalue weighted by Gasteiger charge is -2.14. The average Bonchev–Trinajstić information content (AvgIpc) is 2.65. The van der Waals surface area contributed by atoms with Crippen LogP contribution in [0.15, 0.2) is 0 Å². The first-order valence-electron chi connectivity index (χ1n) is 5.25. The highest BCUT2D eigenvalue weighted by Gasteiger charge is 2.40. The topological polar surface area (TPSA) is 29.5 Å². The minimum Gasteiger partial charge on any atom is -0.396 e. The molecule has 2 unspecified atom stereocenters. The van der Waals surface area contributed by atoms with Gasteiger partial charge in [0.1, 0.15) is 0 Å². The summed E-state index contributed by atoms with van der Waals surface area (Å²) in [6.07, 6.45) is 2.57. The summed E-state index contributed by atoms with van der Waals surface area (Å²) in [7, 11) is -0.877. The summed E-state index contributed by atoms with van der Waals surface area (Å²) < 4.78 is 5.61. The average molecular weight is 202 g/mol. The Hall–Kier alpha value is 0.137. The molecule has 3 heteroatoms. The fourth-order valence-corrected chi connectivity index (χ4v) is 3.73. The van der Waals surface area contributed by atoms with Crippen molar-refractivity contribution >= 4 is 8.07 Å². The van der Waals surface area contributed by atoms with Gasteiger partial charge >= 0.3 is 0 Å². The molecular weight excluding hydrogens is 180 g/mol. The van der Waals surface area contributed by atoms with Crippen molar-refractivity contribution in [3.05, 3.63) is 0 Å². The molecule has 1 saturated carbocycles. The van der Waals surface area contributed by atoms with E-state index in [1.165, 1.54) is 12.5 Å². The normalized spacial score (nSPS) is 27.7. The van der Waals surface area contributed by atoms with Crippen LogP contribution < -0.4 is 0 Å². The van der Waals surface area contributed by atoms with Crippen LogP contribution in [0.4, 0.5) is 0 Å². The van der Waals surface area contributed by atoms with Crippen LogP contribution in [0.3, 0.4) is 0 Å². The fourth-order valence-electron chi connectivity index (χ4n) is 1.72. The van der Waals surface area contributed by atoms with Gasteiger partial charge in [-0.15, -0.1) is 0 Å². The molecule has 1 fully saturated rings. The smallest absolute Gasteiger partial charge is 0.0605 e. The van der Waals surface area contributed by atoms with Crippen LogP contribution >= 0.6 is 0 Å². The maximum absolute atomic E-state index is 8.58. The molecule has 13 heavy (non-hydrogen) atoms. The quantitative estimate of drug-likeness (QED) is 0.528. The zero-order chi connectivity index (χ0) is 9.90. The van der Waals surface area contributed by atoms with Crippen LogP contribution in [0, 0.1) is 5.92 Å². The molecule has 0 amide bonds. The van der Waals surface area contributed by atoms with Crippen LogP contribution in [0.25, 0.3) is 0 Å². The maximum atomic E-state index is 8.58. The molecule has 1 N–H and O–H groups in total. The van der Waals surface area contributed by atoms with Crippen molar-refractivity contribution in [1.82, 2.24) is 0 Å². The second kappa shape index (κ2) is 4.58. The molecule has 0 heterocycles. The molecule has 0 aromatic carbocycles. The highest BCUT2D eigenvalue weighted by molar-refractivity contribution is 6.76. The third-order valence-corrected chi connectivity index (χ3v) is 4.12. The van der Waals surface area contributed by atoms with E-state index in [1.807, 2.05) is 0 Å². The van der Waals surface area contributed by atoms with Crippen LogP contribution in [-0.2, 0) is 4.74 Å². The molecule has 0 radical (unpaired) electrons. The summed E-state index contributed by atoms with van der Waals surface area (Å²) in [5, 5.41) is 8.58. The van der Waals surface area contributed by atoms with Gasteiger partial charge < -0.3 is 9.84 Å². The van der Waals surface area contributed by atoms with Crippen molar-refractivity contribution in [2.24, 2.45) is 5.92 Å². The molecule has 0 aromatic heterocycles. The number of aliphatic hydroxyl groups is 1. The summed E-state index contributed by atoms with van der Waals surface area (Å²) >= 11 is 0. The minimum absolute atomic E-state index is 0.255. The number of hydrogen-bond donors (Lipinski definition) is 1. The highest BCUT2D eigenvalue weighted by atomic mass is 28.3. The molecule has 1 aliphatic carbocycles. The Morgan fingerprint density at radius 3 is 2.62 bits per heavy atom. The van der Waals surface area contributed by atoms with Gasteiger partial charge in [0.25, 0.3) is 0 Å². The van der Waals surface area contributed by atoms with Crippen molar-refractivity contribution in [2.45, 2.75) is 44.6 Å². The molecule has 2 atom stereocenters. The predicted octanol–water partition coefficient (Wildman–Crippen LogP) is 2.11. The van der Waals surface area contributed by atoms with E-state index in [2.05, 4.69) is 19.6 Å². The van der Waals surface area contributed by atoms with Gasteiger partial charge in [0.2, 0.25) is 0 Å². The lowest BCUT2D eigenvalue weighted by molar-refractivity contribution is 0.0954. The molecule has 0 aromatic rings. The Morgan fingerprint density at radius 2 is 2.08 bits per heavy atom. The molecule has 0 bridgehead atoms. The van der Waals surface area contributed by atoms with E-state index in [1.54, 1.807) is 0 Å². The largest absolute Gasteiger partial charge is 0.396 e. The zero-order valence-electron chi connectivity index (χ0n) is 9.05. The van der Waals surface area contributed by atoms with Crippen molar-refractivity contribution in [2.75, 3.05) is 13.2 Å².